The topological polar surface area (TPSA) is 97.6 Å². The van der Waals surface area contributed by atoms with Crippen molar-refractivity contribution >= 4 is 15.8 Å². The maximum absolute atomic E-state index is 13.5. The maximum Gasteiger partial charge on any atom is 0.394 e. The Bertz CT molecular complexity index is 1530. The third kappa shape index (κ3) is 4.26. The number of halogens is 2. The van der Waals surface area contributed by atoms with Crippen LogP contribution in [0.3, 0.4) is 0 Å². The number of alkyl halides is 2. The van der Waals surface area contributed by atoms with Gasteiger partial charge in [-0.2, -0.15) is 13.9 Å². The van der Waals surface area contributed by atoms with Gasteiger partial charge in [0.1, 0.15) is 11.4 Å². The van der Waals surface area contributed by atoms with Crippen LogP contribution in [0.1, 0.15) is 18.1 Å². The number of nitrogens with zero attached hydrogens (tertiary/aromatic N) is 4. The number of hydrogen-bond donors (Lipinski definition) is 1. The summed E-state index contributed by atoms with van der Waals surface area (Å²) in [5.41, 5.74) is 2.64. The van der Waals surface area contributed by atoms with Crippen molar-refractivity contribution in [2.75, 3.05) is 10.8 Å². The highest BCUT2D eigenvalue weighted by atomic mass is 32.2. The van der Waals surface area contributed by atoms with Gasteiger partial charge < -0.3 is 9.84 Å². The Morgan fingerprint density at radius 1 is 1.06 bits per heavy atom. The maximum atomic E-state index is 13.5. The number of anilines is 1. The second-order valence-electron chi connectivity index (χ2n) is 8.48. The Kier molecular flexibility index (Phi) is 5.67. The molecule has 1 N–H and O–H groups in total. The Morgan fingerprint density at radius 2 is 1.75 bits per heavy atom. The van der Waals surface area contributed by atoms with Crippen LogP contribution in [0.25, 0.3) is 16.9 Å². The average molecular weight is 513 g/mol. The molecule has 5 rings (SSSR count). The second-order valence-corrected chi connectivity index (χ2v) is 10.3. The molecule has 186 valence electrons. The summed E-state index contributed by atoms with van der Waals surface area (Å²) in [6.07, 6.45) is -1.65. The van der Waals surface area contributed by atoms with Gasteiger partial charge in [-0.3, -0.25) is 0 Å². The first-order valence-electron chi connectivity index (χ1n) is 11.1. The lowest BCUT2D eigenvalue weighted by atomic mass is 10.1. The quantitative estimate of drug-likeness (QED) is 0.417. The predicted molar refractivity (Wildman–Crippen MR) is 129 cm³/mol. The minimum absolute atomic E-state index is 0.0326. The van der Waals surface area contributed by atoms with Gasteiger partial charge in [0, 0.05) is 30.8 Å². The molecular formula is C25H22F2N4O4S. The van der Waals surface area contributed by atoms with Crippen molar-refractivity contribution in [1.29, 1.82) is 0 Å². The van der Waals surface area contributed by atoms with Gasteiger partial charge in [-0.15, -0.1) is 0 Å². The molecule has 0 amide bonds. The Morgan fingerprint density at radius 3 is 2.42 bits per heavy atom. The van der Waals surface area contributed by atoms with E-state index in [9.17, 15) is 22.3 Å². The fourth-order valence-corrected chi connectivity index (χ4v) is 5.54. The van der Waals surface area contributed by atoms with E-state index in [2.05, 4.69) is 14.8 Å². The average Bonchev–Trinajstić information content (AvgIpc) is 3.05. The van der Waals surface area contributed by atoms with Crippen LogP contribution in [0, 0.1) is 6.92 Å². The van der Waals surface area contributed by atoms with Crippen molar-refractivity contribution in [3.63, 3.8) is 0 Å². The van der Waals surface area contributed by atoms with Crippen molar-refractivity contribution in [3.8, 4) is 28.6 Å². The smallest absolute Gasteiger partial charge is 0.394 e. The van der Waals surface area contributed by atoms with Gasteiger partial charge in [-0.25, -0.2) is 22.4 Å². The van der Waals surface area contributed by atoms with E-state index in [1.54, 1.807) is 36.4 Å². The number of fused-ring (bicyclic) bond motifs is 3. The number of aromatic nitrogens is 3. The molecule has 2 aromatic carbocycles. The Hall–Kier alpha value is -3.99. The fourth-order valence-electron chi connectivity index (χ4n) is 4.10. The molecule has 0 bridgehead atoms. The summed E-state index contributed by atoms with van der Waals surface area (Å²) in [7, 11) is -3.93. The van der Waals surface area contributed by atoms with Crippen LogP contribution >= 0.6 is 0 Å². The molecule has 0 aliphatic carbocycles. The summed E-state index contributed by atoms with van der Waals surface area (Å²) in [5.74, 6) is -0.00904. The predicted octanol–water partition coefficient (Wildman–Crippen LogP) is 4.69. The third-order valence-electron chi connectivity index (χ3n) is 5.79. The van der Waals surface area contributed by atoms with Gasteiger partial charge in [-0.05, 0) is 61.9 Å². The van der Waals surface area contributed by atoms with E-state index in [0.717, 1.165) is 5.56 Å². The highest BCUT2D eigenvalue weighted by molar-refractivity contribution is 7.92. The van der Waals surface area contributed by atoms with Crippen molar-refractivity contribution in [3.05, 3.63) is 78.0 Å². The van der Waals surface area contributed by atoms with Crippen molar-refractivity contribution in [2.24, 2.45) is 0 Å². The number of sulfonamides is 1. The van der Waals surface area contributed by atoms with E-state index in [-0.39, 0.29) is 35.3 Å². The molecule has 4 aromatic rings. The number of rotatable bonds is 5. The second kappa shape index (κ2) is 8.59. The summed E-state index contributed by atoms with van der Waals surface area (Å²) in [5, 5.41) is 15.6. The van der Waals surface area contributed by atoms with Crippen molar-refractivity contribution in [2.45, 2.75) is 31.3 Å². The molecule has 0 saturated heterocycles. The lowest BCUT2D eigenvalue weighted by molar-refractivity contribution is -0.158. The van der Waals surface area contributed by atoms with Gasteiger partial charge in [-0.1, -0.05) is 17.7 Å². The summed E-state index contributed by atoms with van der Waals surface area (Å²) in [6, 6.07) is 15.6. The number of benzene rings is 2. The molecule has 2 aromatic heterocycles. The van der Waals surface area contributed by atoms with E-state index in [1.807, 2.05) is 6.92 Å². The zero-order valence-electron chi connectivity index (χ0n) is 19.4. The number of aromatic hydroxyl groups is 1. The molecule has 0 unspecified atom stereocenters. The molecule has 0 atom stereocenters. The summed E-state index contributed by atoms with van der Waals surface area (Å²) >= 11 is 0. The molecule has 1 aliphatic heterocycles. The van der Waals surface area contributed by atoms with E-state index < -0.39 is 16.1 Å². The highest BCUT2D eigenvalue weighted by Crippen LogP contribution is 2.40. The Labute approximate surface area is 206 Å². The van der Waals surface area contributed by atoms with Gasteiger partial charge in [0.2, 0.25) is 5.88 Å². The molecule has 36 heavy (non-hydrogen) atoms. The zero-order valence-corrected chi connectivity index (χ0v) is 20.2. The molecule has 0 fully saturated rings. The first-order valence-corrected chi connectivity index (χ1v) is 12.5. The lowest BCUT2D eigenvalue weighted by Crippen LogP contribution is -2.33. The fraction of sp³-hybridized carbons (Fsp3) is 0.200. The van der Waals surface area contributed by atoms with E-state index in [1.165, 1.54) is 39.4 Å². The summed E-state index contributed by atoms with van der Waals surface area (Å²) in [4.78, 5) is 4.49. The van der Waals surface area contributed by atoms with Crippen LogP contribution in [-0.4, -0.2) is 40.9 Å². The van der Waals surface area contributed by atoms with Crippen molar-refractivity contribution < 1.29 is 27.0 Å². The van der Waals surface area contributed by atoms with E-state index in [4.69, 9.17) is 0 Å². The van der Waals surface area contributed by atoms with Crippen LogP contribution in [0.4, 0.5) is 14.6 Å². The normalized spacial score (nSPS) is 13.6. The molecular weight excluding hydrogens is 490 g/mol. The molecule has 0 spiro atoms. The monoisotopic (exact) mass is 512 g/mol. The highest BCUT2D eigenvalue weighted by Gasteiger charge is 2.34. The van der Waals surface area contributed by atoms with Gasteiger partial charge in [0.15, 0.2) is 5.82 Å². The number of aryl methyl sites for hydroxylation is 1. The zero-order chi connectivity index (χ0) is 25.7. The van der Waals surface area contributed by atoms with Gasteiger partial charge in [0.25, 0.3) is 10.0 Å². The minimum Gasteiger partial charge on any atom is -0.493 e. The van der Waals surface area contributed by atoms with Crippen molar-refractivity contribution in [1.82, 2.24) is 14.8 Å². The minimum atomic E-state index is -3.93. The van der Waals surface area contributed by atoms with Gasteiger partial charge >= 0.3 is 6.11 Å². The first kappa shape index (κ1) is 23.7. The van der Waals surface area contributed by atoms with Crippen LogP contribution < -0.4 is 9.04 Å². The largest absolute Gasteiger partial charge is 0.493 e. The summed E-state index contributed by atoms with van der Waals surface area (Å²) in [6.45, 7) is 2.55. The molecule has 11 heteroatoms. The van der Waals surface area contributed by atoms with Crippen LogP contribution in [0.2, 0.25) is 0 Å². The van der Waals surface area contributed by atoms with Gasteiger partial charge in [0.05, 0.1) is 10.6 Å². The molecule has 0 radical (unpaired) electrons. The standard InChI is InChI=1S/C25H22F2N4O4S/c1-16-5-11-19(12-6-16)36(33,34)30-15-13-21-22(20-4-3-14-28-23(20)30)29-31(24(21)32)17-7-9-18(10-8-17)35-25(2,26)27/h3-12,14,32H,13,15H2,1-2H3. The molecule has 1 aliphatic rings. The van der Waals surface area contributed by atoms with Crippen LogP contribution in [-0.2, 0) is 16.4 Å². The third-order valence-corrected chi connectivity index (χ3v) is 7.59. The van der Waals surface area contributed by atoms with E-state index in [0.29, 0.717) is 29.4 Å². The Balaban J connectivity index is 1.56. The van der Waals surface area contributed by atoms with Crippen LogP contribution in [0.15, 0.2) is 71.8 Å². The summed E-state index contributed by atoms with van der Waals surface area (Å²) < 4.78 is 60.4. The number of hydrogen-bond acceptors (Lipinski definition) is 6. The molecule has 0 saturated carbocycles. The number of pyridine rings is 1. The van der Waals surface area contributed by atoms with E-state index >= 15 is 0 Å². The molecule has 3 heterocycles. The SMILES string of the molecule is Cc1ccc(S(=O)(=O)N2CCc3c(nn(-c4ccc(OC(C)(F)F)cc4)c3O)-c3cccnc32)cc1. The van der Waals surface area contributed by atoms with Crippen LogP contribution in [0.5, 0.6) is 11.6 Å². The lowest BCUT2D eigenvalue weighted by Gasteiger charge is -2.23. The molecule has 8 nitrogen and oxygen atoms in total. The first-order chi connectivity index (χ1) is 17.0. The number of ether oxygens (including phenoxy) is 1.